The van der Waals surface area contributed by atoms with E-state index >= 15 is 0 Å². The molecule has 35 heavy (non-hydrogen) atoms. The molecule has 1 heterocycles. The second-order valence-corrected chi connectivity index (χ2v) is 9.98. The standard InChI is InChI=1S/C28H34N2O5/c1-18(2)25(14-26(31)30-15-19(16-30)8-7-13-27(32)33)29-28(34)35-17-24-22-11-5-3-9-20(22)21-10-4-6-12-23(21)24/h3-6,9-12,18-19,24-25H,7-8,13-17H2,1-2H3,(H,29,34)(H,32,33)/t25-/m1/s1. The Morgan fingerprint density at radius 1 is 1.03 bits per heavy atom. The van der Waals surface area contributed by atoms with Crippen LogP contribution in [0.1, 0.15) is 56.6 Å². The summed E-state index contributed by atoms with van der Waals surface area (Å²) in [7, 11) is 0. The van der Waals surface area contributed by atoms with Gasteiger partial charge in [0.15, 0.2) is 0 Å². The van der Waals surface area contributed by atoms with Crippen LogP contribution in [0, 0.1) is 11.8 Å². The molecule has 0 aromatic heterocycles. The number of carboxylic acids is 1. The van der Waals surface area contributed by atoms with E-state index in [1.165, 1.54) is 11.1 Å². The Hall–Kier alpha value is -3.35. The van der Waals surface area contributed by atoms with Gasteiger partial charge in [0.2, 0.25) is 5.91 Å². The van der Waals surface area contributed by atoms with E-state index in [0.29, 0.717) is 25.4 Å². The maximum absolute atomic E-state index is 12.7. The van der Waals surface area contributed by atoms with Crippen LogP contribution in [0.25, 0.3) is 11.1 Å². The van der Waals surface area contributed by atoms with E-state index in [0.717, 1.165) is 17.5 Å². The highest BCUT2D eigenvalue weighted by atomic mass is 16.5. The van der Waals surface area contributed by atoms with Gasteiger partial charge in [0.1, 0.15) is 6.61 Å². The number of carboxylic acid groups (broad SMARTS) is 1. The lowest BCUT2D eigenvalue weighted by Gasteiger charge is -2.40. The number of nitrogens with zero attached hydrogens (tertiary/aromatic N) is 1. The molecule has 7 heteroatoms. The zero-order valence-electron chi connectivity index (χ0n) is 20.4. The van der Waals surface area contributed by atoms with Gasteiger partial charge in [-0.1, -0.05) is 62.4 Å². The number of hydrogen-bond donors (Lipinski definition) is 2. The summed E-state index contributed by atoms with van der Waals surface area (Å²) in [5.41, 5.74) is 4.68. The average molecular weight is 479 g/mol. The third kappa shape index (κ3) is 5.84. The number of carbonyl (C=O) groups is 3. The first-order valence-electron chi connectivity index (χ1n) is 12.4. The fourth-order valence-electron chi connectivity index (χ4n) is 5.06. The summed E-state index contributed by atoms with van der Waals surface area (Å²) in [5.74, 6) is -0.335. The molecule has 0 spiro atoms. The molecule has 2 amide bonds. The van der Waals surface area contributed by atoms with Crippen LogP contribution in [0.2, 0.25) is 0 Å². The lowest BCUT2D eigenvalue weighted by Crippen LogP contribution is -2.52. The minimum absolute atomic E-state index is 0.00794. The predicted molar refractivity (Wildman–Crippen MR) is 133 cm³/mol. The Labute approximate surface area is 206 Å². The van der Waals surface area contributed by atoms with Crippen molar-refractivity contribution in [1.82, 2.24) is 10.2 Å². The van der Waals surface area contributed by atoms with Crippen LogP contribution in [0.4, 0.5) is 4.79 Å². The van der Waals surface area contributed by atoms with E-state index in [1.807, 2.05) is 38.1 Å². The molecule has 186 valence electrons. The van der Waals surface area contributed by atoms with Crippen molar-refractivity contribution in [3.05, 3.63) is 59.7 Å². The summed E-state index contributed by atoms with van der Waals surface area (Å²) >= 11 is 0. The summed E-state index contributed by atoms with van der Waals surface area (Å²) < 4.78 is 5.66. The SMILES string of the molecule is CC(C)[C@@H](CC(=O)N1CC(CCCC(=O)O)C1)NC(=O)OCC1c2ccccc2-c2ccccc21. The smallest absolute Gasteiger partial charge is 0.407 e. The number of rotatable bonds is 10. The van der Waals surface area contributed by atoms with Crippen molar-refractivity contribution in [2.75, 3.05) is 19.7 Å². The summed E-state index contributed by atoms with van der Waals surface area (Å²) in [6.45, 7) is 5.52. The molecule has 2 aromatic carbocycles. The molecule has 2 aliphatic rings. The van der Waals surface area contributed by atoms with Crippen molar-refractivity contribution in [2.45, 2.75) is 51.5 Å². The van der Waals surface area contributed by atoms with E-state index < -0.39 is 12.1 Å². The molecule has 2 N–H and O–H groups in total. The number of carbonyl (C=O) groups excluding carboxylic acids is 2. The fraction of sp³-hybridized carbons (Fsp3) is 0.464. The molecular formula is C28H34N2O5. The van der Waals surface area contributed by atoms with Crippen LogP contribution in [0.15, 0.2) is 48.5 Å². The molecule has 1 saturated heterocycles. The van der Waals surface area contributed by atoms with Crippen molar-refractivity contribution >= 4 is 18.0 Å². The van der Waals surface area contributed by atoms with Gasteiger partial charge in [-0.3, -0.25) is 9.59 Å². The molecule has 0 bridgehead atoms. The van der Waals surface area contributed by atoms with Crippen molar-refractivity contribution in [3.8, 4) is 11.1 Å². The Balaban J connectivity index is 1.27. The van der Waals surface area contributed by atoms with Gasteiger partial charge in [0, 0.05) is 37.9 Å². The van der Waals surface area contributed by atoms with Crippen molar-refractivity contribution in [3.63, 3.8) is 0 Å². The molecule has 4 rings (SSSR count). The first-order valence-corrected chi connectivity index (χ1v) is 12.4. The first-order chi connectivity index (χ1) is 16.8. The largest absolute Gasteiger partial charge is 0.481 e. The number of hydrogen-bond acceptors (Lipinski definition) is 4. The van der Waals surface area contributed by atoms with E-state index in [9.17, 15) is 14.4 Å². The van der Waals surface area contributed by atoms with E-state index in [4.69, 9.17) is 9.84 Å². The van der Waals surface area contributed by atoms with Gasteiger partial charge < -0.3 is 20.1 Å². The van der Waals surface area contributed by atoms with Gasteiger partial charge in [0.05, 0.1) is 0 Å². The second-order valence-electron chi connectivity index (χ2n) is 9.98. The third-order valence-electron chi connectivity index (χ3n) is 7.16. The topological polar surface area (TPSA) is 95.9 Å². The monoisotopic (exact) mass is 478 g/mol. The lowest BCUT2D eigenvalue weighted by atomic mass is 9.92. The van der Waals surface area contributed by atoms with Crippen LogP contribution >= 0.6 is 0 Å². The quantitative estimate of drug-likeness (QED) is 0.518. The molecule has 1 aliphatic heterocycles. The van der Waals surface area contributed by atoms with Crippen LogP contribution in [0.5, 0.6) is 0 Å². The molecule has 7 nitrogen and oxygen atoms in total. The maximum atomic E-state index is 12.7. The normalized spacial score (nSPS) is 15.8. The number of likely N-dealkylation sites (tertiary alicyclic amines) is 1. The molecule has 1 aliphatic carbocycles. The van der Waals surface area contributed by atoms with Crippen molar-refractivity contribution in [1.29, 1.82) is 0 Å². The van der Waals surface area contributed by atoms with Crippen LogP contribution in [-0.4, -0.2) is 53.7 Å². The molecule has 1 atom stereocenters. The van der Waals surface area contributed by atoms with Gasteiger partial charge in [-0.2, -0.15) is 0 Å². The van der Waals surface area contributed by atoms with Gasteiger partial charge in [-0.15, -0.1) is 0 Å². The fourth-order valence-corrected chi connectivity index (χ4v) is 5.06. The number of nitrogens with one attached hydrogen (secondary N) is 1. The van der Waals surface area contributed by atoms with Gasteiger partial charge in [-0.25, -0.2) is 4.79 Å². The Morgan fingerprint density at radius 3 is 2.20 bits per heavy atom. The lowest BCUT2D eigenvalue weighted by molar-refractivity contribution is -0.140. The van der Waals surface area contributed by atoms with Crippen molar-refractivity contribution in [2.24, 2.45) is 11.8 Å². The summed E-state index contributed by atoms with van der Waals surface area (Å²) in [4.78, 5) is 37.9. The number of alkyl carbamates (subject to hydrolysis) is 1. The summed E-state index contributed by atoms with van der Waals surface area (Å²) in [6.07, 6.45) is 1.35. The van der Waals surface area contributed by atoms with Gasteiger partial charge >= 0.3 is 12.1 Å². The van der Waals surface area contributed by atoms with E-state index in [2.05, 4.69) is 29.6 Å². The highest BCUT2D eigenvalue weighted by Crippen LogP contribution is 2.44. The molecule has 0 unspecified atom stereocenters. The van der Waals surface area contributed by atoms with E-state index in [1.54, 1.807) is 4.90 Å². The number of aliphatic carboxylic acids is 1. The van der Waals surface area contributed by atoms with Crippen LogP contribution in [-0.2, 0) is 14.3 Å². The summed E-state index contributed by atoms with van der Waals surface area (Å²) in [5, 5.41) is 11.7. The minimum atomic E-state index is -0.781. The molecule has 1 fully saturated rings. The molecule has 0 saturated carbocycles. The zero-order valence-corrected chi connectivity index (χ0v) is 20.4. The Bertz CT molecular complexity index is 1030. The summed E-state index contributed by atoms with van der Waals surface area (Å²) in [6, 6.07) is 16.1. The molecule has 2 aromatic rings. The number of ether oxygens (including phenoxy) is 1. The average Bonchev–Trinajstić information content (AvgIpc) is 3.12. The number of fused-ring (bicyclic) bond motifs is 3. The van der Waals surface area contributed by atoms with E-state index in [-0.39, 0.29) is 43.2 Å². The zero-order chi connectivity index (χ0) is 24.9. The molecule has 0 radical (unpaired) electrons. The highest BCUT2D eigenvalue weighted by Gasteiger charge is 2.33. The Morgan fingerprint density at radius 2 is 1.63 bits per heavy atom. The third-order valence-corrected chi connectivity index (χ3v) is 7.16. The highest BCUT2D eigenvalue weighted by molar-refractivity contribution is 5.80. The van der Waals surface area contributed by atoms with Gasteiger partial charge in [0.25, 0.3) is 0 Å². The number of benzene rings is 2. The van der Waals surface area contributed by atoms with Crippen LogP contribution in [0.3, 0.4) is 0 Å². The predicted octanol–water partition coefficient (Wildman–Crippen LogP) is 4.65. The first kappa shape index (κ1) is 24.8. The van der Waals surface area contributed by atoms with Gasteiger partial charge in [-0.05, 0) is 46.9 Å². The second kappa shape index (κ2) is 10.9. The maximum Gasteiger partial charge on any atom is 0.407 e. The van der Waals surface area contributed by atoms with Crippen molar-refractivity contribution < 1.29 is 24.2 Å². The Kier molecular flexibility index (Phi) is 7.73. The number of amides is 2. The minimum Gasteiger partial charge on any atom is -0.481 e. The van der Waals surface area contributed by atoms with Crippen LogP contribution < -0.4 is 5.32 Å². The molecular weight excluding hydrogens is 444 g/mol.